The lowest BCUT2D eigenvalue weighted by Crippen LogP contribution is -2.48. The van der Waals surface area contributed by atoms with Gasteiger partial charge in [0.1, 0.15) is 11.9 Å². The van der Waals surface area contributed by atoms with Crippen LogP contribution in [-0.4, -0.2) is 63.9 Å². The molecule has 1 amide bonds. The van der Waals surface area contributed by atoms with Gasteiger partial charge in [0, 0.05) is 40.3 Å². The zero-order valence-electron chi connectivity index (χ0n) is 21.0. The topological polar surface area (TPSA) is 94.9 Å². The first-order chi connectivity index (χ1) is 17.5. The third-order valence-electron chi connectivity index (χ3n) is 8.02. The van der Waals surface area contributed by atoms with Crippen LogP contribution in [0.3, 0.4) is 0 Å². The first-order valence-corrected chi connectivity index (χ1v) is 14.0. The second kappa shape index (κ2) is 12.5. The number of nitrogens with zero attached hydrogens (tertiary/aromatic N) is 2. The van der Waals surface area contributed by atoms with Crippen molar-refractivity contribution in [3.8, 4) is 5.75 Å². The van der Waals surface area contributed by atoms with Gasteiger partial charge >= 0.3 is 0 Å². The van der Waals surface area contributed by atoms with Crippen molar-refractivity contribution >= 4 is 28.6 Å². The number of fused-ring (bicyclic) bond motifs is 1. The maximum atomic E-state index is 15.8. The van der Waals surface area contributed by atoms with Crippen LogP contribution in [0.4, 0.5) is 4.39 Å². The van der Waals surface area contributed by atoms with Gasteiger partial charge in [-0.05, 0) is 69.8 Å². The summed E-state index contributed by atoms with van der Waals surface area (Å²) in [4.78, 5) is 19.5. The normalized spacial score (nSPS) is 19.4. The Labute approximate surface area is 216 Å². The predicted molar refractivity (Wildman–Crippen MR) is 140 cm³/mol. The first kappa shape index (κ1) is 27.1. The number of methoxy groups -OCH3 is 1. The van der Waals surface area contributed by atoms with Crippen LogP contribution in [0.1, 0.15) is 68.7 Å². The molecule has 1 aromatic heterocycles. The monoisotopic (exact) mass is 519 g/mol. The number of ether oxygens (including phenoxy) is 1. The number of aromatic nitrogens is 1. The van der Waals surface area contributed by atoms with Crippen molar-refractivity contribution < 1.29 is 24.2 Å². The highest BCUT2D eigenvalue weighted by molar-refractivity contribution is 7.99. The van der Waals surface area contributed by atoms with Gasteiger partial charge in [0.2, 0.25) is 5.91 Å². The van der Waals surface area contributed by atoms with Crippen LogP contribution in [0.5, 0.6) is 5.75 Å². The van der Waals surface area contributed by atoms with Crippen molar-refractivity contribution in [3.63, 3.8) is 0 Å². The van der Waals surface area contributed by atoms with Crippen molar-refractivity contribution in [1.29, 1.82) is 0 Å². The molecule has 0 radical (unpaired) electrons. The van der Waals surface area contributed by atoms with E-state index in [0.717, 1.165) is 30.6 Å². The number of benzene rings is 1. The van der Waals surface area contributed by atoms with Crippen LogP contribution in [0.15, 0.2) is 24.4 Å². The summed E-state index contributed by atoms with van der Waals surface area (Å²) in [6, 6.07) is 5.28. The second-order valence-corrected chi connectivity index (χ2v) is 11.5. The molecule has 0 spiro atoms. The van der Waals surface area contributed by atoms with Gasteiger partial charge < -0.3 is 14.7 Å². The van der Waals surface area contributed by atoms with Gasteiger partial charge in [-0.2, -0.15) is 11.8 Å². The summed E-state index contributed by atoms with van der Waals surface area (Å²) < 4.78 is 21.2. The Balaban J connectivity index is 1.42. The molecule has 198 valence electrons. The van der Waals surface area contributed by atoms with Gasteiger partial charge in [-0.15, -0.1) is 0 Å². The molecule has 2 aromatic rings. The number of halogens is 1. The highest BCUT2D eigenvalue weighted by Crippen LogP contribution is 2.41. The fraction of sp³-hybridized carbons (Fsp3) is 0.630. The van der Waals surface area contributed by atoms with Crippen LogP contribution in [-0.2, 0) is 11.4 Å². The lowest BCUT2D eigenvalue weighted by molar-refractivity contribution is -0.143. The highest BCUT2D eigenvalue weighted by Gasteiger charge is 2.41. The lowest BCUT2D eigenvalue weighted by Gasteiger charge is -2.40. The summed E-state index contributed by atoms with van der Waals surface area (Å²) in [7, 11) is 1.55. The number of alkyl halides is 1. The third-order valence-corrected chi connectivity index (χ3v) is 9.38. The molecule has 1 unspecified atom stereocenters. The number of carbonyl (C=O) groups is 1. The Morgan fingerprint density at radius 3 is 2.75 bits per heavy atom. The fourth-order valence-electron chi connectivity index (χ4n) is 5.72. The molecule has 1 aliphatic carbocycles. The zero-order chi connectivity index (χ0) is 25.5. The number of hydroxylamine groups is 1. The molecule has 7 nitrogen and oxygen atoms in total. The van der Waals surface area contributed by atoms with Crippen LogP contribution in [0.2, 0.25) is 0 Å². The van der Waals surface area contributed by atoms with E-state index in [9.17, 15) is 15.1 Å². The van der Waals surface area contributed by atoms with Gasteiger partial charge in [-0.25, -0.2) is 9.87 Å². The minimum Gasteiger partial charge on any atom is -0.497 e. The third kappa shape index (κ3) is 6.13. The summed E-state index contributed by atoms with van der Waals surface area (Å²) in [5.41, 5.74) is 2.48. The molecule has 9 heteroatoms. The molecule has 1 aromatic carbocycles. The van der Waals surface area contributed by atoms with Gasteiger partial charge in [-0.1, -0.05) is 12.8 Å². The van der Waals surface area contributed by atoms with E-state index in [0.29, 0.717) is 47.0 Å². The summed E-state index contributed by atoms with van der Waals surface area (Å²) in [5.74, 6) is 1.25. The number of likely N-dealkylation sites (tertiary alicyclic amines) is 1. The summed E-state index contributed by atoms with van der Waals surface area (Å²) >= 11 is 2.06. The van der Waals surface area contributed by atoms with E-state index in [1.54, 1.807) is 25.3 Å². The molecule has 2 aliphatic rings. The van der Waals surface area contributed by atoms with Crippen LogP contribution in [0.25, 0.3) is 10.9 Å². The Morgan fingerprint density at radius 1 is 1.33 bits per heavy atom. The quantitative estimate of drug-likeness (QED) is 0.290. The SMILES string of the molecule is COc1ccc2ncc(CO)c(C(F)CCC3(C(=O)NO)CCN(CCSC4CCCC4)CC3)c2c1. The van der Waals surface area contributed by atoms with E-state index in [2.05, 4.69) is 21.6 Å². The van der Waals surface area contributed by atoms with Gasteiger partial charge in [0.25, 0.3) is 0 Å². The molecule has 0 bridgehead atoms. The average Bonchev–Trinajstić information content (AvgIpc) is 3.44. The van der Waals surface area contributed by atoms with E-state index in [-0.39, 0.29) is 13.0 Å². The zero-order valence-corrected chi connectivity index (χ0v) is 21.9. The van der Waals surface area contributed by atoms with E-state index >= 15 is 4.39 Å². The van der Waals surface area contributed by atoms with Crippen LogP contribution < -0.4 is 10.2 Å². The van der Waals surface area contributed by atoms with Gasteiger partial charge in [0.15, 0.2) is 0 Å². The number of carbonyl (C=O) groups excluding carboxylic acids is 1. The van der Waals surface area contributed by atoms with Crippen LogP contribution in [0, 0.1) is 5.41 Å². The van der Waals surface area contributed by atoms with E-state index in [1.165, 1.54) is 31.9 Å². The van der Waals surface area contributed by atoms with Crippen molar-refractivity contribution in [2.24, 2.45) is 5.41 Å². The molecule has 4 rings (SSSR count). The summed E-state index contributed by atoms with van der Waals surface area (Å²) in [6.07, 6.45) is 7.03. The molecule has 2 fully saturated rings. The van der Waals surface area contributed by atoms with Gasteiger partial charge in [0.05, 0.1) is 24.6 Å². The number of nitrogens with one attached hydrogen (secondary N) is 1. The second-order valence-electron chi connectivity index (χ2n) is 10.1. The highest BCUT2D eigenvalue weighted by atomic mass is 32.2. The molecular formula is C27H38FN3O4S. The number of pyridine rings is 1. The number of hydrogen-bond acceptors (Lipinski definition) is 7. The smallest absolute Gasteiger partial charge is 0.249 e. The minimum absolute atomic E-state index is 0.105. The number of amides is 1. The molecule has 1 saturated carbocycles. The fourth-order valence-corrected chi connectivity index (χ4v) is 7.08. The maximum Gasteiger partial charge on any atom is 0.249 e. The number of rotatable bonds is 11. The average molecular weight is 520 g/mol. The number of piperidine rings is 1. The summed E-state index contributed by atoms with van der Waals surface area (Å²) in [5, 5.41) is 20.7. The summed E-state index contributed by atoms with van der Waals surface area (Å²) in [6.45, 7) is 2.18. The van der Waals surface area contributed by atoms with Gasteiger partial charge in [-0.3, -0.25) is 15.0 Å². The molecular weight excluding hydrogens is 481 g/mol. The number of hydrogen-bond donors (Lipinski definition) is 3. The Hall–Kier alpha value is -1.94. The Morgan fingerprint density at radius 2 is 2.08 bits per heavy atom. The van der Waals surface area contributed by atoms with Crippen molar-refractivity contribution in [2.45, 2.75) is 69.4 Å². The van der Waals surface area contributed by atoms with Crippen molar-refractivity contribution in [1.82, 2.24) is 15.4 Å². The van der Waals surface area contributed by atoms with Crippen molar-refractivity contribution in [2.75, 3.05) is 32.5 Å². The molecule has 3 N–H and O–H groups in total. The Bertz CT molecular complexity index is 1020. The minimum atomic E-state index is -1.39. The first-order valence-electron chi connectivity index (χ1n) is 13.0. The lowest BCUT2D eigenvalue weighted by atomic mass is 9.73. The molecule has 36 heavy (non-hydrogen) atoms. The van der Waals surface area contributed by atoms with Crippen LogP contribution >= 0.6 is 11.8 Å². The van der Waals surface area contributed by atoms with E-state index in [4.69, 9.17) is 4.74 Å². The molecule has 1 atom stereocenters. The molecule has 1 aliphatic heterocycles. The molecule has 2 heterocycles. The largest absolute Gasteiger partial charge is 0.497 e. The standard InChI is InChI=1S/C27H38FN3O4S/c1-35-20-6-7-24-22(16-20)25(19(18-32)17-29-24)23(28)8-9-27(26(33)30-34)10-12-31(13-11-27)14-15-36-21-4-2-3-5-21/h6-7,16-17,21,23,32,34H,2-5,8-15,18H2,1H3,(H,30,33). The van der Waals surface area contributed by atoms with E-state index < -0.39 is 17.5 Å². The number of aliphatic hydroxyl groups is 1. The van der Waals surface area contributed by atoms with Crippen molar-refractivity contribution in [3.05, 3.63) is 35.5 Å². The van der Waals surface area contributed by atoms with E-state index in [1.807, 2.05) is 5.48 Å². The maximum absolute atomic E-state index is 15.8. The molecule has 1 saturated heterocycles. The Kier molecular flexibility index (Phi) is 9.44. The number of thioether (sulfide) groups is 1. The number of aliphatic hydroxyl groups excluding tert-OH is 1. The predicted octanol–water partition coefficient (Wildman–Crippen LogP) is 4.79.